The second-order valence-electron chi connectivity index (χ2n) is 14.7. The molecule has 0 saturated heterocycles. The number of hydrogen-bond acceptors (Lipinski definition) is 0. The van der Waals surface area contributed by atoms with Crippen molar-refractivity contribution in [1.29, 1.82) is 0 Å². The Morgan fingerprint density at radius 1 is 0.321 bits per heavy atom. The van der Waals surface area contributed by atoms with Gasteiger partial charge in [-0.1, -0.05) is 195 Å². The van der Waals surface area contributed by atoms with Crippen LogP contribution >= 0.6 is 0 Å². The first-order valence-corrected chi connectivity index (χ1v) is 18.8. The van der Waals surface area contributed by atoms with Crippen LogP contribution in [0.4, 0.5) is 0 Å². The van der Waals surface area contributed by atoms with Gasteiger partial charge in [0.2, 0.25) is 0 Å². The quantitative estimate of drug-likeness (QED) is 0.171. The third-order valence-electron chi connectivity index (χ3n) is 12.0. The van der Waals surface area contributed by atoms with Crippen LogP contribution in [0.3, 0.4) is 0 Å². The van der Waals surface area contributed by atoms with E-state index in [2.05, 4.69) is 195 Å². The molecule has 0 nitrogen and oxygen atoms in total. The van der Waals surface area contributed by atoms with E-state index >= 15 is 0 Å². The Labute approximate surface area is 310 Å². The molecule has 248 valence electrons. The van der Waals surface area contributed by atoms with Crippen molar-refractivity contribution in [3.8, 4) is 66.8 Å². The number of hydrogen-bond donors (Lipinski definition) is 0. The molecule has 0 spiro atoms. The van der Waals surface area contributed by atoms with E-state index in [1.165, 1.54) is 105 Å². The average molecular weight is 673 g/mol. The van der Waals surface area contributed by atoms with Crippen LogP contribution in [-0.2, 0) is 0 Å². The topological polar surface area (TPSA) is 0 Å². The molecule has 2 aliphatic carbocycles. The molecule has 53 heavy (non-hydrogen) atoms. The van der Waals surface area contributed by atoms with Gasteiger partial charge in [-0.3, -0.25) is 0 Å². The Kier molecular flexibility index (Phi) is 6.70. The minimum absolute atomic E-state index is 0.344. The number of rotatable bonds is 5. The average Bonchev–Trinajstić information content (AvgIpc) is 3.74. The van der Waals surface area contributed by atoms with Crippen LogP contribution in [0.1, 0.15) is 35.4 Å². The Morgan fingerprint density at radius 2 is 0.774 bits per heavy atom. The molecule has 2 aliphatic rings. The van der Waals surface area contributed by atoms with E-state index in [0.717, 1.165) is 0 Å². The molecule has 1 unspecified atom stereocenters. The molecular weight excluding hydrogens is 637 g/mol. The molecular formula is C53H36. The predicted molar refractivity (Wildman–Crippen MR) is 224 cm³/mol. The lowest BCUT2D eigenvalue weighted by Gasteiger charge is -2.23. The van der Waals surface area contributed by atoms with Gasteiger partial charge in [-0.15, -0.1) is 0 Å². The summed E-state index contributed by atoms with van der Waals surface area (Å²) in [4.78, 5) is 0. The van der Waals surface area contributed by atoms with Gasteiger partial charge < -0.3 is 0 Å². The molecule has 0 aliphatic heterocycles. The first-order valence-electron chi connectivity index (χ1n) is 18.8. The molecule has 9 aromatic rings. The maximum Gasteiger partial charge on any atom is 0.0168 e. The van der Waals surface area contributed by atoms with Gasteiger partial charge in [0.05, 0.1) is 0 Å². The van der Waals surface area contributed by atoms with Crippen molar-refractivity contribution in [2.75, 3.05) is 0 Å². The lowest BCUT2D eigenvalue weighted by Crippen LogP contribution is -2.07. The van der Waals surface area contributed by atoms with Crippen LogP contribution in [0, 0.1) is 0 Å². The Balaban J connectivity index is 1.08. The van der Waals surface area contributed by atoms with E-state index in [0.29, 0.717) is 11.8 Å². The van der Waals surface area contributed by atoms with E-state index < -0.39 is 0 Å². The fourth-order valence-corrected chi connectivity index (χ4v) is 9.75. The van der Waals surface area contributed by atoms with Gasteiger partial charge in [-0.2, -0.15) is 0 Å². The minimum Gasteiger partial charge on any atom is -0.0622 e. The molecule has 0 saturated carbocycles. The van der Waals surface area contributed by atoms with Gasteiger partial charge >= 0.3 is 0 Å². The molecule has 0 amide bonds. The molecule has 0 aromatic heterocycles. The SMILES string of the molecule is CC(c1ccc(-c2ccc3c4c(cccc24)-c2c-3c(-c3ccccc3)c3ccccc3c2-c2ccccc2)cc1)C1c2ccccc2-c2ccccc21. The molecule has 0 heterocycles. The monoisotopic (exact) mass is 672 g/mol. The third-order valence-corrected chi connectivity index (χ3v) is 12.0. The van der Waals surface area contributed by atoms with Gasteiger partial charge in [-0.25, -0.2) is 0 Å². The van der Waals surface area contributed by atoms with E-state index in [4.69, 9.17) is 0 Å². The maximum absolute atomic E-state index is 2.40. The summed E-state index contributed by atoms with van der Waals surface area (Å²) in [5.41, 5.74) is 20.0. The number of fused-ring (bicyclic) bond motifs is 7. The molecule has 0 fully saturated rings. The summed E-state index contributed by atoms with van der Waals surface area (Å²) in [6.45, 7) is 2.40. The van der Waals surface area contributed by atoms with Crippen molar-refractivity contribution in [1.82, 2.24) is 0 Å². The molecule has 9 aromatic carbocycles. The zero-order valence-electron chi connectivity index (χ0n) is 29.6. The van der Waals surface area contributed by atoms with Crippen molar-refractivity contribution >= 4 is 21.5 Å². The van der Waals surface area contributed by atoms with Crippen molar-refractivity contribution in [3.05, 3.63) is 205 Å². The highest BCUT2D eigenvalue weighted by atomic mass is 14.4. The van der Waals surface area contributed by atoms with Crippen molar-refractivity contribution in [2.24, 2.45) is 0 Å². The summed E-state index contributed by atoms with van der Waals surface area (Å²) in [5.74, 6) is 0.690. The van der Waals surface area contributed by atoms with Gasteiger partial charge in [0.25, 0.3) is 0 Å². The van der Waals surface area contributed by atoms with Gasteiger partial charge in [0.1, 0.15) is 0 Å². The van der Waals surface area contributed by atoms with E-state index in [1.54, 1.807) is 0 Å². The summed E-state index contributed by atoms with van der Waals surface area (Å²) >= 11 is 0. The zero-order chi connectivity index (χ0) is 35.0. The van der Waals surface area contributed by atoms with Gasteiger partial charge in [0.15, 0.2) is 0 Å². The summed E-state index contributed by atoms with van der Waals surface area (Å²) < 4.78 is 0. The van der Waals surface area contributed by atoms with E-state index in [1.807, 2.05) is 0 Å². The molecule has 0 N–H and O–H groups in total. The maximum atomic E-state index is 2.40. The molecule has 0 heteroatoms. The first-order chi connectivity index (χ1) is 26.3. The normalized spacial score (nSPS) is 13.2. The van der Waals surface area contributed by atoms with Gasteiger partial charge in [0, 0.05) is 5.92 Å². The minimum atomic E-state index is 0.344. The standard InChI is InChI=1S/C53H36/c1-33(48-42-21-10-8-19-39(42)40-20-9-11-22-43(40)48)34-27-29-35(30-28-34)38-31-32-47-51-41(38)25-14-26-46(51)52-49(36-15-4-2-5-16-36)44-23-12-13-24-45(44)50(53(47)52)37-17-6-3-7-18-37/h2-33,48H,1H3. The first kappa shape index (κ1) is 30.2. The summed E-state index contributed by atoms with van der Waals surface area (Å²) in [6, 6.07) is 70.0. The molecule has 0 bridgehead atoms. The highest BCUT2D eigenvalue weighted by Crippen LogP contribution is 2.58. The fraction of sp³-hybridized carbons (Fsp3) is 0.0566. The smallest absolute Gasteiger partial charge is 0.0168 e. The number of benzene rings is 9. The fourth-order valence-electron chi connectivity index (χ4n) is 9.75. The predicted octanol–water partition coefficient (Wildman–Crippen LogP) is 14.6. The Bertz CT molecular complexity index is 2740. The van der Waals surface area contributed by atoms with Crippen molar-refractivity contribution in [2.45, 2.75) is 18.8 Å². The van der Waals surface area contributed by atoms with Crippen molar-refractivity contribution < 1.29 is 0 Å². The van der Waals surface area contributed by atoms with Crippen LogP contribution in [0.5, 0.6) is 0 Å². The zero-order valence-corrected chi connectivity index (χ0v) is 29.6. The molecule has 0 radical (unpaired) electrons. The Morgan fingerprint density at radius 3 is 1.36 bits per heavy atom. The van der Waals surface area contributed by atoms with E-state index in [-0.39, 0.29) is 0 Å². The lowest BCUT2D eigenvalue weighted by atomic mass is 9.81. The van der Waals surface area contributed by atoms with Crippen LogP contribution in [0.25, 0.3) is 88.3 Å². The highest BCUT2D eigenvalue weighted by Gasteiger charge is 2.33. The van der Waals surface area contributed by atoms with Gasteiger partial charge in [-0.05, 0) is 111 Å². The molecule has 1 atom stereocenters. The van der Waals surface area contributed by atoms with E-state index in [9.17, 15) is 0 Å². The van der Waals surface area contributed by atoms with Crippen molar-refractivity contribution in [3.63, 3.8) is 0 Å². The molecule has 11 rings (SSSR count). The second-order valence-corrected chi connectivity index (χ2v) is 14.7. The van der Waals surface area contributed by atoms with Crippen LogP contribution in [0.15, 0.2) is 188 Å². The van der Waals surface area contributed by atoms with Crippen LogP contribution in [-0.4, -0.2) is 0 Å². The third kappa shape index (κ3) is 4.42. The Hall–Kier alpha value is -6.50. The summed E-state index contributed by atoms with van der Waals surface area (Å²) in [5, 5.41) is 5.23. The summed E-state index contributed by atoms with van der Waals surface area (Å²) in [7, 11) is 0. The second kappa shape index (κ2) is 11.8. The highest BCUT2D eigenvalue weighted by molar-refractivity contribution is 6.28. The summed E-state index contributed by atoms with van der Waals surface area (Å²) in [6.07, 6.45) is 0. The largest absolute Gasteiger partial charge is 0.0622 e. The lowest BCUT2D eigenvalue weighted by molar-refractivity contribution is 0.670. The van der Waals surface area contributed by atoms with Crippen LogP contribution < -0.4 is 0 Å². The van der Waals surface area contributed by atoms with Crippen LogP contribution in [0.2, 0.25) is 0 Å².